The van der Waals surface area contributed by atoms with Gasteiger partial charge in [-0.2, -0.15) is 15.6 Å². The van der Waals surface area contributed by atoms with Crippen LogP contribution in [0.2, 0.25) is 0 Å². The molecule has 0 radical (unpaired) electrons. The Balaban J connectivity index is 2.85. The van der Waals surface area contributed by atoms with Gasteiger partial charge in [0.1, 0.15) is 11.9 Å². The molecule has 0 aromatic carbocycles. The summed E-state index contributed by atoms with van der Waals surface area (Å²) < 4.78 is 6.35. The standard InChI is InChI=1S/C13H15N5O2/c1-3-20-13(19)11(8-15)9-16-12-7-10(2)17-18(12)6-4-5-14/h7,9,16H,3-4,6H2,1-2H3. The second-order valence-electron chi connectivity index (χ2n) is 3.84. The predicted octanol–water partition coefficient (Wildman–Crippen LogP) is 1.49. The number of aromatic nitrogens is 2. The average molecular weight is 273 g/mol. The molecule has 0 aliphatic heterocycles. The first kappa shape index (κ1) is 15.3. The Morgan fingerprint density at radius 2 is 2.35 bits per heavy atom. The molecule has 0 atom stereocenters. The first-order chi connectivity index (χ1) is 9.62. The van der Waals surface area contributed by atoms with E-state index in [1.807, 2.05) is 13.0 Å². The molecule has 0 fully saturated rings. The fourth-order valence-electron chi connectivity index (χ4n) is 1.48. The minimum atomic E-state index is -0.678. The second kappa shape index (κ2) is 7.59. The van der Waals surface area contributed by atoms with Crippen LogP contribution in [0, 0.1) is 29.6 Å². The van der Waals surface area contributed by atoms with E-state index < -0.39 is 5.97 Å². The van der Waals surface area contributed by atoms with Crippen molar-refractivity contribution in [1.82, 2.24) is 9.78 Å². The molecule has 1 rings (SSSR count). The van der Waals surface area contributed by atoms with Gasteiger partial charge in [0.05, 0.1) is 31.3 Å². The number of carbonyl (C=O) groups is 1. The largest absolute Gasteiger partial charge is 0.462 e. The molecule has 1 aromatic heterocycles. The molecule has 0 aliphatic carbocycles. The predicted molar refractivity (Wildman–Crippen MR) is 71.1 cm³/mol. The highest BCUT2D eigenvalue weighted by atomic mass is 16.5. The normalized spacial score (nSPS) is 10.5. The van der Waals surface area contributed by atoms with E-state index in [0.717, 1.165) is 5.69 Å². The number of aryl methyl sites for hydroxylation is 2. The summed E-state index contributed by atoms with van der Waals surface area (Å²) in [6, 6.07) is 5.56. The number of nitrogens with one attached hydrogen (secondary N) is 1. The zero-order valence-corrected chi connectivity index (χ0v) is 11.4. The molecule has 0 bridgehead atoms. The van der Waals surface area contributed by atoms with Gasteiger partial charge in [-0.3, -0.25) is 0 Å². The van der Waals surface area contributed by atoms with Gasteiger partial charge < -0.3 is 10.1 Å². The lowest BCUT2D eigenvalue weighted by Gasteiger charge is -2.05. The molecule has 1 aromatic rings. The maximum atomic E-state index is 11.4. The van der Waals surface area contributed by atoms with Gasteiger partial charge in [0, 0.05) is 12.3 Å². The number of hydrogen-bond acceptors (Lipinski definition) is 6. The number of nitrogens with zero attached hydrogens (tertiary/aromatic N) is 4. The van der Waals surface area contributed by atoms with Crippen molar-refractivity contribution in [3.05, 3.63) is 23.5 Å². The van der Waals surface area contributed by atoms with Crippen LogP contribution in [0.25, 0.3) is 0 Å². The second-order valence-corrected chi connectivity index (χ2v) is 3.84. The van der Waals surface area contributed by atoms with Crippen LogP contribution in [0.1, 0.15) is 19.0 Å². The van der Waals surface area contributed by atoms with Gasteiger partial charge in [-0.05, 0) is 13.8 Å². The van der Waals surface area contributed by atoms with Crippen molar-refractivity contribution in [2.45, 2.75) is 26.8 Å². The van der Waals surface area contributed by atoms with E-state index in [4.69, 9.17) is 15.3 Å². The molecule has 0 saturated heterocycles. The van der Waals surface area contributed by atoms with E-state index in [0.29, 0.717) is 18.8 Å². The van der Waals surface area contributed by atoms with Crippen LogP contribution < -0.4 is 5.32 Å². The molecule has 1 N–H and O–H groups in total. The van der Waals surface area contributed by atoms with E-state index in [-0.39, 0.29) is 12.2 Å². The van der Waals surface area contributed by atoms with Crippen LogP contribution in [0.5, 0.6) is 0 Å². The third-order valence-electron chi connectivity index (χ3n) is 2.32. The maximum Gasteiger partial charge on any atom is 0.350 e. The lowest BCUT2D eigenvalue weighted by atomic mass is 10.3. The zero-order chi connectivity index (χ0) is 15.0. The smallest absolute Gasteiger partial charge is 0.350 e. The van der Waals surface area contributed by atoms with Crippen LogP contribution in [0.15, 0.2) is 17.8 Å². The van der Waals surface area contributed by atoms with Crippen molar-refractivity contribution in [3.63, 3.8) is 0 Å². The summed E-state index contributed by atoms with van der Waals surface area (Å²) in [5.74, 6) is -0.0721. The summed E-state index contributed by atoms with van der Waals surface area (Å²) in [5, 5.41) is 24.5. The Hall–Kier alpha value is -2.80. The van der Waals surface area contributed by atoms with Crippen molar-refractivity contribution < 1.29 is 9.53 Å². The fraction of sp³-hybridized carbons (Fsp3) is 0.385. The SMILES string of the molecule is CCOC(=O)C(C#N)=CNc1cc(C)nn1CCC#N. The molecule has 1 heterocycles. The minimum absolute atomic E-state index is 0.127. The lowest BCUT2D eigenvalue weighted by molar-refractivity contribution is -0.138. The Morgan fingerprint density at radius 1 is 1.60 bits per heavy atom. The van der Waals surface area contributed by atoms with Gasteiger partial charge in [0.25, 0.3) is 0 Å². The van der Waals surface area contributed by atoms with Gasteiger partial charge in [-0.25, -0.2) is 9.48 Å². The molecule has 104 valence electrons. The van der Waals surface area contributed by atoms with Gasteiger partial charge >= 0.3 is 5.97 Å². The Bertz CT molecular complexity index is 589. The highest BCUT2D eigenvalue weighted by molar-refractivity contribution is 5.93. The molecular weight excluding hydrogens is 258 g/mol. The highest BCUT2D eigenvalue weighted by Crippen LogP contribution is 2.11. The van der Waals surface area contributed by atoms with E-state index in [9.17, 15) is 4.79 Å². The van der Waals surface area contributed by atoms with Crippen molar-refractivity contribution in [2.24, 2.45) is 0 Å². The van der Waals surface area contributed by atoms with E-state index in [2.05, 4.69) is 10.4 Å². The summed E-state index contributed by atoms with van der Waals surface area (Å²) in [6.45, 7) is 4.12. The summed E-state index contributed by atoms with van der Waals surface area (Å²) in [7, 11) is 0. The number of rotatable bonds is 6. The van der Waals surface area contributed by atoms with Crippen LogP contribution >= 0.6 is 0 Å². The van der Waals surface area contributed by atoms with Crippen molar-refractivity contribution >= 4 is 11.8 Å². The number of hydrogen-bond donors (Lipinski definition) is 1. The molecule has 0 saturated carbocycles. The van der Waals surface area contributed by atoms with Crippen molar-refractivity contribution in [1.29, 1.82) is 10.5 Å². The number of carbonyl (C=O) groups excluding carboxylic acids is 1. The van der Waals surface area contributed by atoms with E-state index in [1.54, 1.807) is 23.7 Å². The number of esters is 1. The van der Waals surface area contributed by atoms with Crippen molar-refractivity contribution in [2.75, 3.05) is 11.9 Å². The zero-order valence-electron chi connectivity index (χ0n) is 11.4. The minimum Gasteiger partial charge on any atom is -0.462 e. The Labute approximate surface area is 117 Å². The van der Waals surface area contributed by atoms with Gasteiger partial charge in [-0.15, -0.1) is 0 Å². The molecule has 0 unspecified atom stereocenters. The molecule has 0 amide bonds. The summed E-state index contributed by atoms with van der Waals surface area (Å²) >= 11 is 0. The van der Waals surface area contributed by atoms with Crippen LogP contribution in [-0.2, 0) is 16.1 Å². The molecule has 0 spiro atoms. The monoisotopic (exact) mass is 273 g/mol. The first-order valence-corrected chi connectivity index (χ1v) is 6.07. The number of nitriles is 2. The van der Waals surface area contributed by atoms with Crippen molar-refractivity contribution in [3.8, 4) is 12.1 Å². The molecule has 0 aliphatic rings. The molecule has 20 heavy (non-hydrogen) atoms. The van der Waals surface area contributed by atoms with Gasteiger partial charge in [-0.1, -0.05) is 0 Å². The highest BCUT2D eigenvalue weighted by Gasteiger charge is 2.10. The fourth-order valence-corrected chi connectivity index (χ4v) is 1.48. The quantitative estimate of drug-likeness (QED) is 0.478. The summed E-state index contributed by atoms with van der Waals surface area (Å²) in [4.78, 5) is 11.4. The van der Waals surface area contributed by atoms with Gasteiger partial charge in [0.2, 0.25) is 0 Å². The molecular formula is C13H15N5O2. The van der Waals surface area contributed by atoms with Crippen LogP contribution in [0.4, 0.5) is 5.82 Å². The third-order valence-corrected chi connectivity index (χ3v) is 2.32. The summed E-state index contributed by atoms with van der Waals surface area (Å²) in [6.07, 6.45) is 1.60. The number of anilines is 1. The molecule has 7 heteroatoms. The summed E-state index contributed by atoms with van der Waals surface area (Å²) in [5.41, 5.74) is 0.644. The Morgan fingerprint density at radius 3 is 2.95 bits per heavy atom. The van der Waals surface area contributed by atoms with E-state index >= 15 is 0 Å². The lowest BCUT2D eigenvalue weighted by Crippen LogP contribution is -2.09. The topological polar surface area (TPSA) is 104 Å². The average Bonchev–Trinajstić information content (AvgIpc) is 2.77. The first-order valence-electron chi connectivity index (χ1n) is 6.07. The van der Waals surface area contributed by atoms with Gasteiger partial charge in [0.15, 0.2) is 5.57 Å². The van der Waals surface area contributed by atoms with E-state index in [1.165, 1.54) is 6.20 Å². The maximum absolute atomic E-state index is 11.4. The third kappa shape index (κ3) is 4.14. The van der Waals surface area contributed by atoms with Crippen LogP contribution in [0.3, 0.4) is 0 Å². The van der Waals surface area contributed by atoms with Crippen LogP contribution in [-0.4, -0.2) is 22.4 Å². The number of ether oxygens (including phenoxy) is 1. The molecule has 7 nitrogen and oxygen atoms in total. The Kier molecular flexibility index (Phi) is 5.79.